The van der Waals surface area contributed by atoms with Crippen LogP contribution in [0.25, 0.3) is 0 Å². The Balaban J connectivity index is 1.64. The summed E-state index contributed by atoms with van der Waals surface area (Å²) in [5.41, 5.74) is 0.172. The molecule has 0 unspecified atom stereocenters. The topological polar surface area (TPSA) is 52.7 Å². The van der Waals surface area contributed by atoms with Gasteiger partial charge < -0.3 is 10.2 Å². The average molecular weight is 305 g/mol. The molecular weight excluding hydrogens is 285 g/mol. The van der Waals surface area contributed by atoms with Crippen LogP contribution in [0.4, 0.5) is 10.1 Å². The molecule has 0 aromatic heterocycles. The van der Waals surface area contributed by atoms with E-state index in [2.05, 4.69) is 5.32 Å². The Morgan fingerprint density at radius 2 is 2.18 bits per heavy atom. The van der Waals surface area contributed by atoms with Crippen molar-refractivity contribution < 1.29 is 14.0 Å². The summed E-state index contributed by atoms with van der Waals surface area (Å²) in [6.07, 6.45) is 2.02. The van der Waals surface area contributed by atoms with Crippen molar-refractivity contribution in [1.82, 2.24) is 9.80 Å². The van der Waals surface area contributed by atoms with E-state index in [4.69, 9.17) is 0 Å². The molecule has 1 aromatic rings. The van der Waals surface area contributed by atoms with Crippen LogP contribution in [0.1, 0.15) is 19.8 Å². The lowest BCUT2D eigenvalue weighted by molar-refractivity contribution is -0.143. The molecule has 6 heteroatoms. The number of piperazine rings is 1. The number of para-hydroxylation sites is 1. The van der Waals surface area contributed by atoms with Crippen LogP contribution in [-0.4, -0.2) is 53.3 Å². The van der Waals surface area contributed by atoms with Gasteiger partial charge in [0.25, 0.3) is 0 Å². The molecule has 0 aliphatic carbocycles. The second kappa shape index (κ2) is 6.04. The van der Waals surface area contributed by atoms with Gasteiger partial charge in [-0.1, -0.05) is 12.1 Å². The molecule has 2 aliphatic rings. The lowest BCUT2D eigenvalue weighted by Crippen LogP contribution is -2.59. The number of carbonyl (C=O) groups is 2. The van der Waals surface area contributed by atoms with Gasteiger partial charge in [0.2, 0.25) is 11.8 Å². The number of fused-ring (bicyclic) bond motifs is 1. The van der Waals surface area contributed by atoms with E-state index in [0.717, 1.165) is 19.4 Å². The smallest absolute Gasteiger partial charge is 0.239 e. The summed E-state index contributed by atoms with van der Waals surface area (Å²) in [5.74, 6) is -0.663. The van der Waals surface area contributed by atoms with Gasteiger partial charge in [-0.15, -0.1) is 0 Å². The van der Waals surface area contributed by atoms with Gasteiger partial charge in [-0.05, 0) is 31.9 Å². The molecule has 2 amide bonds. The van der Waals surface area contributed by atoms with E-state index in [0.29, 0.717) is 6.54 Å². The summed E-state index contributed by atoms with van der Waals surface area (Å²) < 4.78 is 13.6. The Kier molecular flexibility index (Phi) is 4.11. The van der Waals surface area contributed by atoms with Crippen LogP contribution in [0.5, 0.6) is 0 Å². The predicted molar refractivity (Wildman–Crippen MR) is 80.8 cm³/mol. The Morgan fingerprint density at radius 1 is 1.41 bits per heavy atom. The predicted octanol–water partition coefficient (Wildman–Crippen LogP) is 1.46. The van der Waals surface area contributed by atoms with Crippen molar-refractivity contribution in [3.63, 3.8) is 0 Å². The Hall–Kier alpha value is -1.95. The third-order valence-corrected chi connectivity index (χ3v) is 4.51. The maximum Gasteiger partial charge on any atom is 0.239 e. The Morgan fingerprint density at radius 3 is 2.95 bits per heavy atom. The number of anilines is 1. The molecule has 5 nitrogen and oxygen atoms in total. The van der Waals surface area contributed by atoms with Crippen LogP contribution in [0.3, 0.4) is 0 Å². The van der Waals surface area contributed by atoms with Gasteiger partial charge in [0, 0.05) is 19.1 Å². The van der Waals surface area contributed by atoms with Gasteiger partial charge in [0.1, 0.15) is 5.82 Å². The fourth-order valence-corrected chi connectivity index (χ4v) is 3.28. The zero-order valence-corrected chi connectivity index (χ0v) is 12.6. The molecule has 2 aliphatic heterocycles. The zero-order valence-electron chi connectivity index (χ0n) is 12.6. The third-order valence-electron chi connectivity index (χ3n) is 4.51. The first-order valence-electron chi connectivity index (χ1n) is 7.65. The molecule has 0 radical (unpaired) electrons. The first-order chi connectivity index (χ1) is 10.6. The summed E-state index contributed by atoms with van der Waals surface area (Å²) >= 11 is 0. The quantitative estimate of drug-likeness (QED) is 0.920. The number of hydrogen-bond acceptors (Lipinski definition) is 3. The van der Waals surface area contributed by atoms with Crippen LogP contribution >= 0.6 is 0 Å². The largest absolute Gasteiger partial charge is 0.337 e. The maximum absolute atomic E-state index is 13.6. The van der Waals surface area contributed by atoms with Crippen molar-refractivity contribution in [2.24, 2.45) is 0 Å². The van der Waals surface area contributed by atoms with Crippen molar-refractivity contribution in [2.75, 3.05) is 25.0 Å². The Labute approximate surface area is 129 Å². The highest BCUT2D eigenvalue weighted by Crippen LogP contribution is 2.25. The summed E-state index contributed by atoms with van der Waals surface area (Å²) in [5, 5.41) is 2.57. The van der Waals surface area contributed by atoms with Gasteiger partial charge in [0.05, 0.1) is 18.3 Å². The average Bonchev–Trinajstić information content (AvgIpc) is 2.95. The molecule has 2 fully saturated rings. The molecule has 0 spiro atoms. The molecule has 2 heterocycles. The fraction of sp³-hybridized carbons (Fsp3) is 0.500. The van der Waals surface area contributed by atoms with Gasteiger partial charge >= 0.3 is 0 Å². The summed E-state index contributed by atoms with van der Waals surface area (Å²) in [6.45, 7) is 3.46. The monoisotopic (exact) mass is 305 g/mol. The molecular formula is C16H20FN3O2. The van der Waals surface area contributed by atoms with E-state index in [-0.39, 0.29) is 36.1 Å². The summed E-state index contributed by atoms with van der Waals surface area (Å²) in [7, 11) is 0. The van der Waals surface area contributed by atoms with Crippen LogP contribution < -0.4 is 5.32 Å². The highest BCUT2D eigenvalue weighted by Gasteiger charge is 2.40. The molecule has 1 N–H and O–H groups in total. The van der Waals surface area contributed by atoms with Crippen LogP contribution in [0, 0.1) is 5.82 Å². The molecule has 1 aromatic carbocycles. The van der Waals surface area contributed by atoms with Crippen LogP contribution in [0.2, 0.25) is 0 Å². The molecule has 0 saturated carbocycles. The van der Waals surface area contributed by atoms with E-state index < -0.39 is 5.82 Å². The number of hydrogen-bond donors (Lipinski definition) is 1. The second-order valence-corrected chi connectivity index (χ2v) is 5.96. The lowest BCUT2D eigenvalue weighted by atomic mass is 10.1. The minimum absolute atomic E-state index is 0.0902. The number of halogens is 1. The minimum atomic E-state index is -0.458. The van der Waals surface area contributed by atoms with Crippen molar-refractivity contribution in [1.29, 1.82) is 0 Å². The zero-order chi connectivity index (χ0) is 15.7. The highest BCUT2D eigenvalue weighted by molar-refractivity contribution is 5.93. The van der Waals surface area contributed by atoms with Crippen molar-refractivity contribution in [2.45, 2.75) is 31.8 Å². The normalized spacial score (nSPS) is 25.2. The third kappa shape index (κ3) is 2.83. The van der Waals surface area contributed by atoms with Crippen LogP contribution in [0.15, 0.2) is 24.3 Å². The minimum Gasteiger partial charge on any atom is -0.337 e. The van der Waals surface area contributed by atoms with Crippen molar-refractivity contribution in [3.8, 4) is 0 Å². The van der Waals surface area contributed by atoms with Gasteiger partial charge in [-0.25, -0.2) is 4.39 Å². The standard InChI is InChI=1S/C16H20FN3O2/c1-11-16(22)20-8-4-5-12(20)9-19(11)10-15(21)18-14-7-3-2-6-13(14)17/h2-3,6-7,11-12H,4-5,8-10H2,1H3,(H,18,21)/t11-,12-/m0/s1. The van der Waals surface area contributed by atoms with Crippen molar-refractivity contribution in [3.05, 3.63) is 30.1 Å². The molecule has 22 heavy (non-hydrogen) atoms. The maximum atomic E-state index is 13.6. The first-order valence-corrected chi connectivity index (χ1v) is 7.65. The Bertz CT molecular complexity index is 593. The molecule has 2 saturated heterocycles. The van der Waals surface area contributed by atoms with E-state index in [9.17, 15) is 14.0 Å². The molecule has 118 valence electrons. The number of rotatable bonds is 3. The van der Waals surface area contributed by atoms with Gasteiger partial charge in [0.15, 0.2) is 0 Å². The van der Waals surface area contributed by atoms with E-state index >= 15 is 0 Å². The number of benzene rings is 1. The van der Waals surface area contributed by atoms with Crippen LogP contribution in [-0.2, 0) is 9.59 Å². The molecule has 0 bridgehead atoms. The van der Waals surface area contributed by atoms with Gasteiger partial charge in [-0.2, -0.15) is 0 Å². The second-order valence-electron chi connectivity index (χ2n) is 5.96. The number of nitrogens with zero attached hydrogens (tertiary/aromatic N) is 2. The summed E-state index contributed by atoms with van der Waals surface area (Å²) in [4.78, 5) is 28.2. The molecule has 3 rings (SSSR count). The fourth-order valence-electron chi connectivity index (χ4n) is 3.28. The number of amides is 2. The van der Waals surface area contributed by atoms with Crippen molar-refractivity contribution >= 4 is 17.5 Å². The SMILES string of the molecule is C[C@H]1C(=O)N2CCC[C@H]2CN1CC(=O)Nc1ccccc1F. The molecule has 2 atom stereocenters. The van der Waals surface area contributed by atoms with E-state index in [1.807, 2.05) is 16.7 Å². The van der Waals surface area contributed by atoms with Gasteiger partial charge in [-0.3, -0.25) is 14.5 Å². The number of nitrogens with one attached hydrogen (secondary N) is 1. The summed E-state index contributed by atoms with van der Waals surface area (Å²) in [6, 6.07) is 5.98. The van der Waals surface area contributed by atoms with E-state index in [1.54, 1.807) is 12.1 Å². The first kappa shape index (κ1) is 15.0. The highest BCUT2D eigenvalue weighted by atomic mass is 19.1. The number of carbonyl (C=O) groups excluding carboxylic acids is 2. The lowest BCUT2D eigenvalue weighted by Gasteiger charge is -2.41. The van der Waals surface area contributed by atoms with E-state index in [1.165, 1.54) is 12.1 Å².